The van der Waals surface area contributed by atoms with E-state index in [2.05, 4.69) is 18.8 Å². The highest BCUT2D eigenvalue weighted by atomic mass is 16.6. The molecule has 0 atom stereocenters. The molecule has 0 N–H and O–H groups in total. The van der Waals surface area contributed by atoms with Crippen molar-refractivity contribution in [3.05, 3.63) is 36.0 Å². The monoisotopic (exact) mass is 245 g/mol. The fraction of sp³-hybridized carbons (Fsp3) is 0.400. The summed E-state index contributed by atoms with van der Waals surface area (Å²) in [5.74, 6) is 1.44. The Morgan fingerprint density at radius 1 is 1.06 bits per heavy atom. The quantitative estimate of drug-likeness (QED) is 0.807. The molecular formula is C15H19NO2. The van der Waals surface area contributed by atoms with Gasteiger partial charge in [-0.05, 0) is 26.0 Å². The SMILES string of the molecule is CC(C)Oc1oc(-c2ccccc2)nc1C(C)C. The molecule has 0 spiro atoms. The van der Waals surface area contributed by atoms with Gasteiger partial charge in [0.05, 0.1) is 6.10 Å². The van der Waals surface area contributed by atoms with Crippen molar-refractivity contribution in [2.75, 3.05) is 0 Å². The first-order valence-corrected chi connectivity index (χ1v) is 6.30. The molecule has 0 radical (unpaired) electrons. The first kappa shape index (κ1) is 12.7. The van der Waals surface area contributed by atoms with Gasteiger partial charge in [-0.15, -0.1) is 0 Å². The number of hydrogen-bond donors (Lipinski definition) is 0. The van der Waals surface area contributed by atoms with Crippen molar-refractivity contribution in [3.63, 3.8) is 0 Å². The zero-order valence-corrected chi connectivity index (χ0v) is 11.3. The van der Waals surface area contributed by atoms with Crippen LogP contribution in [0, 0.1) is 0 Å². The summed E-state index contributed by atoms with van der Waals surface area (Å²) in [6.45, 7) is 8.13. The standard InChI is InChI=1S/C15H19NO2/c1-10(2)13-15(17-11(3)4)18-14(16-13)12-8-6-5-7-9-12/h5-11H,1-4H3. The van der Waals surface area contributed by atoms with E-state index >= 15 is 0 Å². The van der Waals surface area contributed by atoms with Gasteiger partial charge in [-0.2, -0.15) is 0 Å². The van der Waals surface area contributed by atoms with Gasteiger partial charge in [-0.25, -0.2) is 4.98 Å². The summed E-state index contributed by atoms with van der Waals surface area (Å²) in [7, 11) is 0. The lowest BCUT2D eigenvalue weighted by atomic mass is 10.1. The zero-order valence-electron chi connectivity index (χ0n) is 11.3. The Morgan fingerprint density at radius 2 is 1.72 bits per heavy atom. The smallest absolute Gasteiger partial charge is 0.309 e. The van der Waals surface area contributed by atoms with Crippen molar-refractivity contribution in [1.82, 2.24) is 4.98 Å². The van der Waals surface area contributed by atoms with E-state index in [9.17, 15) is 0 Å². The minimum Gasteiger partial charge on any atom is -0.461 e. The molecule has 3 heteroatoms. The molecule has 0 bridgehead atoms. The summed E-state index contributed by atoms with van der Waals surface area (Å²) in [5, 5.41) is 0. The average Bonchev–Trinajstić information content (AvgIpc) is 2.73. The van der Waals surface area contributed by atoms with Gasteiger partial charge in [-0.1, -0.05) is 32.0 Å². The van der Waals surface area contributed by atoms with E-state index in [1.807, 2.05) is 44.2 Å². The lowest BCUT2D eigenvalue weighted by molar-refractivity contribution is 0.185. The van der Waals surface area contributed by atoms with Crippen LogP contribution in [-0.4, -0.2) is 11.1 Å². The molecule has 0 saturated heterocycles. The van der Waals surface area contributed by atoms with Crippen molar-refractivity contribution in [2.24, 2.45) is 0 Å². The van der Waals surface area contributed by atoms with Crippen molar-refractivity contribution < 1.29 is 9.15 Å². The zero-order chi connectivity index (χ0) is 13.1. The van der Waals surface area contributed by atoms with Crippen LogP contribution in [-0.2, 0) is 0 Å². The summed E-state index contributed by atoms with van der Waals surface area (Å²) in [5.41, 5.74) is 1.85. The number of nitrogens with zero attached hydrogens (tertiary/aromatic N) is 1. The highest BCUT2D eigenvalue weighted by Crippen LogP contribution is 2.32. The molecule has 96 valence electrons. The van der Waals surface area contributed by atoms with Crippen LogP contribution in [0.2, 0.25) is 0 Å². The number of ether oxygens (including phenoxy) is 1. The fourth-order valence-electron chi connectivity index (χ4n) is 1.69. The molecule has 1 aromatic carbocycles. The molecule has 0 aliphatic carbocycles. The number of rotatable bonds is 4. The van der Waals surface area contributed by atoms with Crippen LogP contribution in [0.3, 0.4) is 0 Å². The Hall–Kier alpha value is -1.77. The van der Waals surface area contributed by atoms with Gasteiger partial charge >= 0.3 is 5.95 Å². The molecule has 2 aromatic rings. The van der Waals surface area contributed by atoms with E-state index in [4.69, 9.17) is 9.15 Å². The predicted octanol–water partition coefficient (Wildman–Crippen LogP) is 4.25. The number of oxazole rings is 1. The minimum atomic E-state index is 0.0825. The topological polar surface area (TPSA) is 35.3 Å². The number of hydrogen-bond acceptors (Lipinski definition) is 3. The third-order valence-corrected chi connectivity index (χ3v) is 2.53. The normalized spacial score (nSPS) is 11.2. The maximum atomic E-state index is 5.74. The van der Waals surface area contributed by atoms with E-state index in [1.165, 1.54) is 0 Å². The van der Waals surface area contributed by atoms with Gasteiger partial charge in [0, 0.05) is 11.5 Å². The highest BCUT2D eigenvalue weighted by molar-refractivity contribution is 5.54. The van der Waals surface area contributed by atoms with Gasteiger partial charge in [0.2, 0.25) is 5.89 Å². The third kappa shape index (κ3) is 2.73. The van der Waals surface area contributed by atoms with Gasteiger partial charge < -0.3 is 9.15 Å². The molecule has 3 nitrogen and oxygen atoms in total. The van der Waals surface area contributed by atoms with E-state index in [0.29, 0.717) is 11.8 Å². The molecule has 2 rings (SSSR count). The molecular weight excluding hydrogens is 226 g/mol. The average molecular weight is 245 g/mol. The van der Waals surface area contributed by atoms with Crippen molar-refractivity contribution in [3.8, 4) is 17.4 Å². The molecule has 0 saturated carbocycles. The molecule has 18 heavy (non-hydrogen) atoms. The van der Waals surface area contributed by atoms with E-state index in [0.717, 1.165) is 11.3 Å². The molecule has 0 aliphatic heterocycles. The Balaban J connectivity index is 2.39. The van der Waals surface area contributed by atoms with Crippen LogP contribution in [0.5, 0.6) is 5.95 Å². The van der Waals surface area contributed by atoms with Crippen molar-refractivity contribution in [1.29, 1.82) is 0 Å². The number of benzene rings is 1. The first-order chi connectivity index (χ1) is 8.58. The van der Waals surface area contributed by atoms with E-state index in [1.54, 1.807) is 0 Å². The summed E-state index contributed by atoms with van der Waals surface area (Å²) in [6.07, 6.45) is 0.0825. The maximum Gasteiger partial charge on any atom is 0.309 e. The van der Waals surface area contributed by atoms with Crippen molar-refractivity contribution >= 4 is 0 Å². The summed E-state index contributed by atoms with van der Waals surface area (Å²) < 4.78 is 11.4. The van der Waals surface area contributed by atoms with Crippen LogP contribution < -0.4 is 4.74 Å². The summed E-state index contributed by atoms with van der Waals surface area (Å²) in [4.78, 5) is 4.54. The second-order valence-electron chi connectivity index (χ2n) is 4.88. The van der Waals surface area contributed by atoms with Crippen LogP contribution in [0.25, 0.3) is 11.5 Å². The Kier molecular flexibility index (Phi) is 3.70. The summed E-state index contributed by atoms with van der Waals surface area (Å²) in [6, 6.07) is 9.88. The largest absolute Gasteiger partial charge is 0.461 e. The molecule has 1 heterocycles. The van der Waals surface area contributed by atoms with Gasteiger partial charge in [0.15, 0.2) is 0 Å². The Morgan fingerprint density at radius 3 is 2.28 bits per heavy atom. The second kappa shape index (κ2) is 5.25. The summed E-state index contributed by atoms with van der Waals surface area (Å²) >= 11 is 0. The van der Waals surface area contributed by atoms with E-state index < -0.39 is 0 Å². The van der Waals surface area contributed by atoms with Gasteiger partial charge in [-0.3, -0.25) is 0 Å². The lowest BCUT2D eigenvalue weighted by Gasteiger charge is -2.08. The van der Waals surface area contributed by atoms with Crippen LogP contribution in [0.4, 0.5) is 0 Å². The van der Waals surface area contributed by atoms with Crippen molar-refractivity contribution in [2.45, 2.75) is 39.7 Å². The minimum absolute atomic E-state index is 0.0825. The predicted molar refractivity (Wildman–Crippen MR) is 71.8 cm³/mol. The van der Waals surface area contributed by atoms with Crippen LogP contribution in [0.1, 0.15) is 39.3 Å². The van der Waals surface area contributed by atoms with Gasteiger partial charge in [0.1, 0.15) is 5.69 Å². The van der Waals surface area contributed by atoms with Gasteiger partial charge in [0.25, 0.3) is 0 Å². The Labute approximate surface area is 108 Å². The molecule has 0 amide bonds. The Bertz CT molecular complexity index is 500. The van der Waals surface area contributed by atoms with Crippen LogP contribution in [0.15, 0.2) is 34.7 Å². The molecule has 0 aliphatic rings. The molecule has 1 aromatic heterocycles. The first-order valence-electron chi connectivity index (χ1n) is 6.30. The highest BCUT2D eigenvalue weighted by Gasteiger charge is 2.19. The van der Waals surface area contributed by atoms with E-state index in [-0.39, 0.29) is 12.0 Å². The second-order valence-corrected chi connectivity index (χ2v) is 4.88. The maximum absolute atomic E-state index is 5.74. The fourth-order valence-corrected chi connectivity index (χ4v) is 1.69. The number of aromatic nitrogens is 1. The molecule has 0 unspecified atom stereocenters. The molecule has 0 fully saturated rings. The third-order valence-electron chi connectivity index (χ3n) is 2.53. The van der Waals surface area contributed by atoms with Crippen LogP contribution >= 0.6 is 0 Å². The lowest BCUT2D eigenvalue weighted by Crippen LogP contribution is -2.06.